The molecule has 0 spiro atoms. The predicted octanol–water partition coefficient (Wildman–Crippen LogP) is 1.31. The molecule has 0 unspecified atom stereocenters. The van der Waals surface area contributed by atoms with E-state index >= 15 is 0 Å². The van der Waals surface area contributed by atoms with Gasteiger partial charge in [-0.15, -0.1) is 10.1 Å². The monoisotopic (exact) mass is 290 g/mol. The maximum Gasteiger partial charge on any atom is 0.291 e. The average Bonchev–Trinajstić information content (AvgIpc) is 1.97. The Bertz CT molecular complexity index is 380. The van der Waals surface area contributed by atoms with E-state index in [1.54, 1.807) is 0 Å². The summed E-state index contributed by atoms with van der Waals surface area (Å²) in [5.41, 5.74) is 12.4. The fourth-order valence-corrected chi connectivity index (χ4v) is 1.53. The van der Waals surface area contributed by atoms with E-state index in [0.29, 0.717) is 0 Å². The summed E-state index contributed by atoms with van der Waals surface area (Å²) in [6.45, 7) is 1.98. The first-order valence-corrected chi connectivity index (χ1v) is 4.80. The Labute approximate surface area is 100 Å². The molecule has 5 N–H and O–H groups in total. The largest absolute Gasteiger partial charge is 0.370 e. The van der Waals surface area contributed by atoms with Crippen LogP contribution in [0.25, 0.3) is 0 Å². The van der Waals surface area contributed by atoms with Gasteiger partial charge in [0.2, 0.25) is 0 Å². The Hall–Kier alpha value is -1.83. The van der Waals surface area contributed by atoms with Crippen molar-refractivity contribution in [1.82, 2.24) is 0 Å². The lowest BCUT2D eigenvalue weighted by atomic mass is 10.2. The Morgan fingerprint density at radius 3 is 2.38 bits per heavy atom. The Morgan fingerprint density at radius 2 is 2.00 bits per heavy atom. The summed E-state index contributed by atoms with van der Waals surface area (Å²) in [6.07, 6.45) is 0. The molecule has 88 valence electrons. The minimum absolute atomic E-state index is 0.0764. The summed E-state index contributed by atoms with van der Waals surface area (Å²) in [6, 6.07) is 5.75. The molecule has 0 aliphatic heterocycles. The highest BCUT2D eigenvalue weighted by atomic mass is 79.9. The van der Waals surface area contributed by atoms with Gasteiger partial charge in [0.25, 0.3) is 5.09 Å². The Morgan fingerprint density at radius 1 is 1.50 bits per heavy atom. The van der Waals surface area contributed by atoms with Crippen molar-refractivity contribution in [2.75, 3.05) is 0 Å². The van der Waals surface area contributed by atoms with Crippen molar-refractivity contribution < 1.29 is 10.3 Å². The number of hydrogen-bond donors (Lipinski definition) is 3. The number of guanidine groups is 1. The molecule has 1 rings (SSSR count). The smallest absolute Gasteiger partial charge is 0.291 e. The minimum Gasteiger partial charge on any atom is -0.370 e. The lowest BCUT2D eigenvalue weighted by Gasteiger charge is -1.98. The molecule has 1 aromatic rings. The van der Waals surface area contributed by atoms with Crippen LogP contribution >= 0.6 is 15.9 Å². The third-order valence-electron chi connectivity index (χ3n) is 1.29. The quantitative estimate of drug-likeness (QED) is 0.311. The number of halogens is 1. The molecular formula is C8H11BrN4O3. The van der Waals surface area contributed by atoms with E-state index in [0.717, 1.165) is 15.7 Å². The molecule has 0 aliphatic carbocycles. The van der Waals surface area contributed by atoms with Gasteiger partial charge in [-0.1, -0.05) is 15.9 Å². The van der Waals surface area contributed by atoms with E-state index < -0.39 is 5.09 Å². The van der Waals surface area contributed by atoms with Crippen molar-refractivity contribution in [3.05, 3.63) is 38.3 Å². The molecule has 1 aromatic carbocycles. The van der Waals surface area contributed by atoms with Crippen molar-refractivity contribution in [2.45, 2.75) is 6.92 Å². The van der Waals surface area contributed by atoms with Crippen LogP contribution in [0, 0.1) is 17.0 Å². The number of hydrogen-bond acceptors (Lipinski definition) is 3. The second-order valence-corrected chi connectivity index (χ2v) is 3.68. The van der Waals surface area contributed by atoms with E-state index in [4.69, 9.17) is 26.8 Å². The van der Waals surface area contributed by atoms with Crippen LogP contribution in [0.15, 0.2) is 27.7 Å². The first-order valence-electron chi connectivity index (χ1n) is 4.01. The lowest BCUT2D eigenvalue weighted by Crippen LogP contribution is -2.21. The first-order chi connectivity index (χ1) is 7.31. The van der Waals surface area contributed by atoms with Crippen molar-refractivity contribution >= 4 is 27.6 Å². The number of benzene rings is 1. The van der Waals surface area contributed by atoms with Crippen LogP contribution in [0.4, 0.5) is 5.69 Å². The molecule has 0 amide bonds. The number of nitrogens with zero attached hydrogens (tertiary/aromatic N) is 2. The number of nitrogens with two attached hydrogens (primary N) is 2. The summed E-state index contributed by atoms with van der Waals surface area (Å²) in [5.74, 6) is 0.0764. The van der Waals surface area contributed by atoms with E-state index in [1.807, 2.05) is 25.1 Å². The Kier molecular flexibility index (Phi) is 5.86. The lowest BCUT2D eigenvalue weighted by molar-refractivity contribution is -0.742. The van der Waals surface area contributed by atoms with Crippen molar-refractivity contribution in [3.8, 4) is 0 Å². The highest BCUT2D eigenvalue weighted by Gasteiger charge is 1.94. The normalized spacial score (nSPS) is 8.62. The van der Waals surface area contributed by atoms with Gasteiger partial charge in [-0.3, -0.25) is 0 Å². The molecule has 0 atom stereocenters. The zero-order chi connectivity index (χ0) is 12.7. The van der Waals surface area contributed by atoms with Crippen molar-refractivity contribution in [3.63, 3.8) is 0 Å². The molecule has 0 fully saturated rings. The highest BCUT2D eigenvalue weighted by Crippen LogP contribution is 2.20. The summed E-state index contributed by atoms with van der Waals surface area (Å²) in [7, 11) is 0. The van der Waals surface area contributed by atoms with Crippen LogP contribution in [0.5, 0.6) is 0 Å². The summed E-state index contributed by atoms with van der Waals surface area (Å²) in [5, 5.41) is 13.6. The molecule has 0 saturated carbocycles. The fourth-order valence-electron chi connectivity index (χ4n) is 0.931. The number of aryl methyl sites for hydroxylation is 1. The number of aliphatic imine (C=N–C) groups is 1. The molecule has 0 saturated heterocycles. The first kappa shape index (κ1) is 14.2. The summed E-state index contributed by atoms with van der Waals surface area (Å²) >= 11 is 3.35. The maximum absolute atomic E-state index is 8.36. The van der Waals surface area contributed by atoms with Crippen LogP contribution in [-0.4, -0.2) is 16.3 Å². The van der Waals surface area contributed by atoms with Gasteiger partial charge in [0.1, 0.15) is 0 Å². The molecule has 0 radical (unpaired) electrons. The van der Waals surface area contributed by atoms with Gasteiger partial charge in [-0.2, -0.15) is 0 Å². The van der Waals surface area contributed by atoms with Crippen LogP contribution in [0.2, 0.25) is 0 Å². The van der Waals surface area contributed by atoms with E-state index in [-0.39, 0.29) is 5.96 Å². The molecule has 0 aromatic heterocycles. The SMILES string of the molecule is Cc1cc(Br)cc(N=C(N)N)c1.O=[N+]([O-])O. The van der Waals surface area contributed by atoms with Crippen LogP contribution in [0.1, 0.15) is 5.56 Å². The van der Waals surface area contributed by atoms with E-state index in [1.165, 1.54) is 0 Å². The molecule has 8 heteroatoms. The molecule has 7 nitrogen and oxygen atoms in total. The number of rotatable bonds is 1. The maximum atomic E-state index is 8.36. The van der Waals surface area contributed by atoms with Gasteiger partial charge in [0, 0.05) is 4.47 Å². The molecule has 0 bridgehead atoms. The minimum atomic E-state index is -1.50. The highest BCUT2D eigenvalue weighted by molar-refractivity contribution is 9.10. The second-order valence-electron chi connectivity index (χ2n) is 2.76. The molecule has 0 heterocycles. The molecular weight excluding hydrogens is 280 g/mol. The van der Waals surface area contributed by atoms with Crippen LogP contribution in [0.3, 0.4) is 0 Å². The standard InChI is InChI=1S/C8H10BrN3.HNO3/c1-5-2-6(9)4-7(3-5)12-8(10)11;2-1(3)4/h2-4H,1H3,(H4,10,11,12);(H,2,3,4). The summed E-state index contributed by atoms with van der Waals surface area (Å²) < 4.78 is 0.975. The van der Waals surface area contributed by atoms with Gasteiger partial charge < -0.3 is 16.7 Å². The van der Waals surface area contributed by atoms with E-state index in [2.05, 4.69) is 20.9 Å². The fraction of sp³-hybridized carbons (Fsp3) is 0.125. The van der Waals surface area contributed by atoms with Gasteiger partial charge >= 0.3 is 0 Å². The molecule has 16 heavy (non-hydrogen) atoms. The van der Waals surface area contributed by atoms with E-state index in [9.17, 15) is 0 Å². The van der Waals surface area contributed by atoms with Crippen LogP contribution in [-0.2, 0) is 0 Å². The predicted molar refractivity (Wildman–Crippen MR) is 63.1 cm³/mol. The zero-order valence-corrected chi connectivity index (χ0v) is 10.0. The van der Waals surface area contributed by atoms with Gasteiger partial charge in [0.15, 0.2) is 5.96 Å². The summed E-state index contributed by atoms with van der Waals surface area (Å²) in [4.78, 5) is 12.3. The third-order valence-corrected chi connectivity index (χ3v) is 1.74. The van der Waals surface area contributed by atoms with Gasteiger partial charge in [0.05, 0.1) is 5.69 Å². The topological polar surface area (TPSA) is 128 Å². The second kappa shape index (κ2) is 6.62. The van der Waals surface area contributed by atoms with Crippen molar-refractivity contribution in [1.29, 1.82) is 0 Å². The van der Waals surface area contributed by atoms with Gasteiger partial charge in [-0.25, -0.2) is 4.99 Å². The van der Waals surface area contributed by atoms with Crippen LogP contribution < -0.4 is 11.5 Å². The van der Waals surface area contributed by atoms with Gasteiger partial charge in [-0.05, 0) is 30.7 Å². The average molecular weight is 291 g/mol. The van der Waals surface area contributed by atoms with Crippen molar-refractivity contribution in [2.24, 2.45) is 16.5 Å². The molecule has 0 aliphatic rings. The third kappa shape index (κ3) is 7.56. The Balaban J connectivity index is 0.000000487. The zero-order valence-electron chi connectivity index (χ0n) is 8.42.